The van der Waals surface area contributed by atoms with Crippen LogP contribution < -0.4 is 4.90 Å². The van der Waals surface area contributed by atoms with Gasteiger partial charge < -0.3 is 19.6 Å². The van der Waals surface area contributed by atoms with E-state index in [9.17, 15) is 5.11 Å². The predicted octanol–water partition coefficient (Wildman–Crippen LogP) is 2.14. The van der Waals surface area contributed by atoms with Crippen LogP contribution in [-0.2, 0) is 6.54 Å². The molecule has 1 fully saturated rings. The van der Waals surface area contributed by atoms with Crippen LogP contribution in [0.4, 0.5) is 5.95 Å². The molecule has 3 aromatic rings. The number of H-pyrrole nitrogens is 1. The van der Waals surface area contributed by atoms with Crippen LogP contribution in [0, 0.1) is 0 Å². The first-order valence-corrected chi connectivity index (χ1v) is 8.17. The zero-order valence-electron chi connectivity index (χ0n) is 13.0. The van der Waals surface area contributed by atoms with E-state index in [0.717, 1.165) is 48.7 Å². The number of benzene rings is 1. The molecule has 0 amide bonds. The maximum absolute atomic E-state index is 9.44. The van der Waals surface area contributed by atoms with E-state index in [-0.39, 0.29) is 6.61 Å². The van der Waals surface area contributed by atoms with Crippen molar-refractivity contribution in [3.05, 3.63) is 42.5 Å². The Morgan fingerprint density at radius 3 is 3.04 bits per heavy atom. The smallest absolute Gasteiger partial charge is 0.206 e. The van der Waals surface area contributed by atoms with Crippen molar-refractivity contribution in [1.29, 1.82) is 0 Å². The predicted molar refractivity (Wildman–Crippen MR) is 89.6 cm³/mol. The summed E-state index contributed by atoms with van der Waals surface area (Å²) in [7, 11) is 0. The molecule has 1 aliphatic heterocycles. The zero-order chi connectivity index (χ0) is 15.6. The van der Waals surface area contributed by atoms with Gasteiger partial charge in [-0.1, -0.05) is 12.1 Å². The molecule has 23 heavy (non-hydrogen) atoms. The van der Waals surface area contributed by atoms with Crippen molar-refractivity contribution < 1.29 is 5.11 Å². The SMILES string of the molecule is OCCn1c(N2CCCC(c3ncc[nH]3)C2)nc2ccccc21. The summed E-state index contributed by atoms with van der Waals surface area (Å²) in [6, 6.07) is 8.11. The second kappa shape index (κ2) is 6.04. The highest BCUT2D eigenvalue weighted by Crippen LogP contribution is 2.30. The van der Waals surface area contributed by atoms with Crippen LogP contribution in [0.5, 0.6) is 0 Å². The summed E-state index contributed by atoms with van der Waals surface area (Å²) in [4.78, 5) is 14.8. The number of hydrogen-bond acceptors (Lipinski definition) is 4. The van der Waals surface area contributed by atoms with E-state index < -0.39 is 0 Å². The van der Waals surface area contributed by atoms with Gasteiger partial charge in [0.1, 0.15) is 5.82 Å². The molecular formula is C17H21N5O. The quantitative estimate of drug-likeness (QED) is 0.774. The number of piperidine rings is 1. The van der Waals surface area contributed by atoms with Gasteiger partial charge in [-0.15, -0.1) is 0 Å². The number of aliphatic hydroxyl groups is 1. The lowest BCUT2D eigenvalue weighted by Crippen LogP contribution is -2.36. The second-order valence-electron chi connectivity index (χ2n) is 6.04. The lowest BCUT2D eigenvalue weighted by atomic mass is 9.98. The van der Waals surface area contributed by atoms with E-state index in [0.29, 0.717) is 12.5 Å². The molecule has 1 saturated heterocycles. The molecule has 3 heterocycles. The van der Waals surface area contributed by atoms with Crippen molar-refractivity contribution in [3.63, 3.8) is 0 Å². The average molecular weight is 311 g/mol. The summed E-state index contributed by atoms with van der Waals surface area (Å²) in [5.74, 6) is 2.41. The number of para-hydroxylation sites is 2. The Balaban J connectivity index is 1.69. The van der Waals surface area contributed by atoms with Crippen molar-refractivity contribution in [2.24, 2.45) is 0 Å². The molecule has 2 aromatic heterocycles. The maximum atomic E-state index is 9.44. The first-order valence-electron chi connectivity index (χ1n) is 8.17. The molecule has 6 heteroatoms. The fourth-order valence-corrected chi connectivity index (χ4v) is 3.51. The normalized spacial score (nSPS) is 18.7. The van der Waals surface area contributed by atoms with Crippen molar-refractivity contribution in [2.75, 3.05) is 24.6 Å². The molecule has 0 saturated carbocycles. The molecule has 120 valence electrons. The van der Waals surface area contributed by atoms with Crippen molar-refractivity contribution in [3.8, 4) is 0 Å². The zero-order valence-corrected chi connectivity index (χ0v) is 13.0. The van der Waals surface area contributed by atoms with Gasteiger partial charge in [0.2, 0.25) is 5.95 Å². The Morgan fingerprint density at radius 1 is 1.30 bits per heavy atom. The number of rotatable bonds is 4. The minimum Gasteiger partial charge on any atom is -0.395 e. The molecule has 1 aromatic carbocycles. The molecule has 0 radical (unpaired) electrons. The van der Waals surface area contributed by atoms with Crippen molar-refractivity contribution >= 4 is 17.0 Å². The molecule has 1 atom stereocenters. The van der Waals surface area contributed by atoms with E-state index in [2.05, 4.69) is 25.5 Å². The van der Waals surface area contributed by atoms with E-state index in [1.165, 1.54) is 0 Å². The number of aromatic amines is 1. The third kappa shape index (κ3) is 2.59. The number of aliphatic hydroxyl groups excluding tert-OH is 1. The fraction of sp³-hybridized carbons (Fsp3) is 0.412. The summed E-state index contributed by atoms with van der Waals surface area (Å²) in [6.45, 7) is 2.58. The highest BCUT2D eigenvalue weighted by molar-refractivity contribution is 5.78. The average Bonchev–Trinajstić information content (AvgIpc) is 3.24. The van der Waals surface area contributed by atoms with Gasteiger partial charge in [0, 0.05) is 37.9 Å². The van der Waals surface area contributed by atoms with Crippen LogP contribution in [0.25, 0.3) is 11.0 Å². The molecule has 6 nitrogen and oxygen atoms in total. The van der Waals surface area contributed by atoms with E-state index >= 15 is 0 Å². The van der Waals surface area contributed by atoms with Crippen LogP contribution in [0.1, 0.15) is 24.6 Å². The highest BCUT2D eigenvalue weighted by atomic mass is 16.3. The minimum absolute atomic E-state index is 0.114. The molecule has 0 aliphatic carbocycles. The van der Waals surface area contributed by atoms with E-state index in [4.69, 9.17) is 4.98 Å². The molecule has 2 N–H and O–H groups in total. The van der Waals surface area contributed by atoms with Crippen LogP contribution in [0.15, 0.2) is 36.7 Å². The number of hydrogen-bond donors (Lipinski definition) is 2. The molecule has 0 bridgehead atoms. The summed E-state index contributed by atoms with van der Waals surface area (Å²) < 4.78 is 2.12. The van der Waals surface area contributed by atoms with Gasteiger partial charge in [0.05, 0.1) is 17.6 Å². The van der Waals surface area contributed by atoms with E-state index in [1.807, 2.05) is 30.6 Å². The lowest BCUT2D eigenvalue weighted by Gasteiger charge is -2.33. The monoisotopic (exact) mass is 311 g/mol. The first-order chi connectivity index (χ1) is 11.4. The van der Waals surface area contributed by atoms with Crippen LogP contribution in [0.2, 0.25) is 0 Å². The Hall–Kier alpha value is -2.34. The van der Waals surface area contributed by atoms with Crippen LogP contribution >= 0.6 is 0 Å². The minimum atomic E-state index is 0.114. The van der Waals surface area contributed by atoms with Gasteiger partial charge in [-0.3, -0.25) is 0 Å². The van der Waals surface area contributed by atoms with Gasteiger partial charge in [0.25, 0.3) is 0 Å². The van der Waals surface area contributed by atoms with Gasteiger partial charge in [0.15, 0.2) is 0 Å². The largest absolute Gasteiger partial charge is 0.395 e. The lowest BCUT2D eigenvalue weighted by molar-refractivity contribution is 0.277. The van der Waals surface area contributed by atoms with Crippen molar-refractivity contribution in [2.45, 2.75) is 25.3 Å². The summed E-state index contributed by atoms with van der Waals surface area (Å²) in [5.41, 5.74) is 2.06. The number of imidazole rings is 2. The maximum Gasteiger partial charge on any atom is 0.206 e. The third-order valence-corrected chi connectivity index (χ3v) is 4.57. The van der Waals surface area contributed by atoms with Crippen LogP contribution in [-0.4, -0.2) is 44.3 Å². The standard InChI is InChI=1S/C17H21N5O/c23-11-10-22-15-6-2-1-5-14(15)20-17(22)21-9-3-4-13(12-21)16-18-7-8-19-16/h1-2,5-8,13,23H,3-4,9-12H2,(H,18,19). The Bertz CT molecular complexity index is 779. The van der Waals surface area contributed by atoms with Crippen molar-refractivity contribution in [1.82, 2.24) is 19.5 Å². The van der Waals surface area contributed by atoms with E-state index in [1.54, 1.807) is 0 Å². The summed E-state index contributed by atoms with van der Waals surface area (Å²) in [5, 5.41) is 9.44. The Kier molecular flexibility index (Phi) is 3.75. The van der Waals surface area contributed by atoms with Gasteiger partial charge in [-0.25, -0.2) is 9.97 Å². The first kappa shape index (κ1) is 14.3. The van der Waals surface area contributed by atoms with Gasteiger partial charge in [-0.05, 0) is 25.0 Å². The molecule has 1 unspecified atom stereocenters. The molecule has 4 rings (SSSR count). The topological polar surface area (TPSA) is 70.0 Å². The summed E-state index contributed by atoms with van der Waals surface area (Å²) in [6.07, 6.45) is 5.96. The second-order valence-corrected chi connectivity index (χ2v) is 6.04. The summed E-state index contributed by atoms with van der Waals surface area (Å²) >= 11 is 0. The van der Waals surface area contributed by atoms with Crippen LogP contribution in [0.3, 0.4) is 0 Å². The third-order valence-electron chi connectivity index (χ3n) is 4.57. The Morgan fingerprint density at radius 2 is 2.22 bits per heavy atom. The van der Waals surface area contributed by atoms with Gasteiger partial charge >= 0.3 is 0 Å². The number of nitrogens with one attached hydrogen (secondary N) is 1. The molecule has 1 aliphatic rings. The number of anilines is 1. The highest BCUT2D eigenvalue weighted by Gasteiger charge is 2.26. The molecule has 0 spiro atoms. The fourth-order valence-electron chi connectivity index (χ4n) is 3.51. The number of nitrogens with zero attached hydrogens (tertiary/aromatic N) is 4. The van der Waals surface area contributed by atoms with Gasteiger partial charge in [-0.2, -0.15) is 0 Å². The number of aromatic nitrogens is 4. The Labute approximate surface area is 134 Å². The molecular weight excluding hydrogens is 290 g/mol. The number of fused-ring (bicyclic) bond motifs is 1.